The van der Waals surface area contributed by atoms with Crippen molar-refractivity contribution in [2.45, 2.75) is 0 Å². The van der Waals surface area contributed by atoms with Crippen LogP contribution in [0.3, 0.4) is 0 Å². The summed E-state index contributed by atoms with van der Waals surface area (Å²) in [5, 5.41) is 1.91. The van der Waals surface area contributed by atoms with Gasteiger partial charge >= 0.3 is 0 Å². The third-order valence-corrected chi connectivity index (χ3v) is 5.10. The average Bonchev–Trinajstić information content (AvgIpc) is 2.69. The lowest BCUT2D eigenvalue weighted by Gasteiger charge is -2.36. The first kappa shape index (κ1) is 17.1. The average molecular weight is 364 g/mol. The van der Waals surface area contributed by atoms with E-state index in [0.29, 0.717) is 0 Å². The van der Waals surface area contributed by atoms with Gasteiger partial charge in [0.25, 0.3) is 0 Å². The van der Waals surface area contributed by atoms with E-state index in [-0.39, 0.29) is 0 Å². The van der Waals surface area contributed by atoms with Crippen LogP contribution < -0.4 is 4.90 Å². The first-order valence-electron chi connectivity index (χ1n) is 9.03. The van der Waals surface area contributed by atoms with Crippen LogP contribution in [0.4, 0.5) is 5.69 Å². The number of hydrogen-bond donors (Lipinski definition) is 0. The highest BCUT2D eigenvalue weighted by molar-refractivity contribution is 6.31. The number of hydrogen-bond acceptors (Lipinski definition) is 3. The molecule has 0 saturated carbocycles. The largest absolute Gasteiger partial charge is 0.368 e. The number of anilines is 1. The van der Waals surface area contributed by atoms with Gasteiger partial charge in [0, 0.05) is 55.0 Å². The van der Waals surface area contributed by atoms with Gasteiger partial charge in [-0.25, -0.2) is 0 Å². The predicted molar refractivity (Wildman–Crippen MR) is 111 cm³/mol. The Morgan fingerprint density at radius 2 is 1.77 bits per heavy atom. The van der Waals surface area contributed by atoms with Gasteiger partial charge in [-0.15, -0.1) is 0 Å². The maximum absolute atomic E-state index is 6.10. The summed E-state index contributed by atoms with van der Waals surface area (Å²) >= 11 is 6.10. The van der Waals surface area contributed by atoms with Gasteiger partial charge in [-0.1, -0.05) is 54.1 Å². The Bertz CT molecular complexity index is 900. The lowest BCUT2D eigenvalue weighted by Crippen LogP contribution is -2.46. The highest BCUT2D eigenvalue weighted by atomic mass is 35.5. The molecule has 3 aromatic rings. The molecule has 1 saturated heterocycles. The minimum atomic E-state index is 0.733. The zero-order valence-corrected chi connectivity index (χ0v) is 15.4. The molecule has 1 aromatic heterocycles. The Labute approximate surface area is 159 Å². The zero-order valence-electron chi connectivity index (χ0n) is 14.7. The van der Waals surface area contributed by atoms with Crippen LogP contribution in [0.15, 0.2) is 66.9 Å². The Morgan fingerprint density at radius 3 is 2.58 bits per heavy atom. The molecular formula is C22H22ClN3. The first-order valence-corrected chi connectivity index (χ1v) is 9.40. The Morgan fingerprint density at radius 1 is 0.962 bits per heavy atom. The monoisotopic (exact) mass is 363 g/mol. The van der Waals surface area contributed by atoms with E-state index in [4.69, 9.17) is 11.6 Å². The molecule has 4 heteroatoms. The number of piperazine rings is 1. The summed E-state index contributed by atoms with van der Waals surface area (Å²) in [4.78, 5) is 9.40. The second kappa shape index (κ2) is 7.90. The van der Waals surface area contributed by atoms with Crippen molar-refractivity contribution in [1.82, 2.24) is 9.88 Å². The van der Waals surface area contributed by atoms with E-state index in [0.717, 1.165) is 43.3 Å². The minimum Gasteiger partial charge on any atom is -0.368 e. The van der Waals surface area contributed by atoms with Crippen LogP contribution in [0.1, 0.15) is 5.56 Å². The van der Waals surface area contributed by atoms with Gasteiger partial charge in [0.15, 0.2) is 0 Å². The molecule has 2 aromatic carbocycles. The number of halogens is 1. The van der Waals surface area contributed by atoms with Crippen LogP contribution in [0.5, 0.6) is 0 Å². The van der Waals surface area contributed by atoms with Gasteiger partial charge in [-0.3, -0.25) is 9.88 Å². The molecule has 0 unspecified atom stereocenters. The summed E-state index contributed by atoms with van der Waals surface area (Å²) in [6, 6.07) is 18.5. The summed E-state index contributed by atoms with van der Waals surface area (Å²) in [7, 11) is 0. The molecule has 0 amide bonds. The van der Waals surface area contributed by atoms with Crippen molar-refractivity contribution in [2.75, 3.05) is 37.6 Å². The third kappa shape index (κ3) is 3.90. The highest BCUT2D eigenvalue weighted by Gasteiger charge is 2.18. The van der Waals surface area contributed by atoms with Crippen molar-refractivity contribution in [2.24, 2.45) is 0 Å². The number of pyridine rings is 1. The van der Waals surface area contributed by atoms with E-state index in [9.17, 15) is 0 Å². The molecule has 2 heterocycles. The molecule has 0 N–H and O–H groups in total. The quantitative estimate of drug-likeness (QED) is 0.668. The molecule has 0 spiro atoms. The zero-order chi connectivity index (χ0) is 17.8. The van der Waals surface area contributed by atoms with Gasteiger partial charge in [0.1, 0.15) is 0 Å². The van der Waals surface area contributed by atoms with E-state index in [1.165, 1.54) is 16.6 Å². The number of benzene rings is 2. The molecule has 1 aliphatic rings. The Kier molecular flexibility index (Phi) is 5.19. The third-order valence-electron chi connectivity index (χ3n) is 4.87. The summed E-state index contributed by atoms with van der Waals surface area (Å²) in [5.41, 5.74) is 3.47. The number of rotatable bonds is 4. The molecule has 0 atom stereocenters. The fraction of sp³-hybridized carbons (Fsp3) is 0.227. The van der Waals surface area contributed by atoms with Crippen molar-refractivity contribution in [3.63, 3.8) is 0 Å². The van der Waals surface area contributed by atoms with Gasteiger partial charge < -0.3 is 4.90 Å². The van der Waals surface area contributed by atoms with Gasteiger partial charge in [-0.2, -0.15) is 0 Å². The molecule has 4 rings (SSSR count). The molecule has 132 valence electrons. The topological polar surface area (TPSA) is 19.4 Å². The second-order valence-corrected chi connectivity index (χ2v) is 7.03. The summed E-state index contributed by atoms with van der Waals surface area (Å²) in [6.45, 7) is 5.18. The molecule has 0 bridgehead atoms. The van der Waals surface area contributed by atoms with E-state index in [1.807, 2.05) is 24.4 Å². The van der Waals surface area contributed by atoms with E-state index >= 15 is 0 Å². The van der Waals surface area contributed by atoms with Crippen molar-refractivity contribution < 1.29 is 0 Å². The lowest BCUT2D eigenvalue weighted by molar-refractivity contribution is 0.284. The predicted octanol–water partition coefficient (Wildman–Crippen LogP) is 4.72. The number of fused-ring (bicyclic) bond motifs is 1. The summed E-state index contributed by atoms with van der Waals surface area (Å²) in [6.07, 6.45) is 6.34. The molecule has 0 aliphatic carbocycles. The first-order chi connectivity index (χ1) is 12.8. The summed E-state index contributed by atoms with van der Waals surface area (Å²) < 4.78 is 0. The standard InChI is InChI=1S/C22H22ClN3/c23-19-8-9-20-21(17-19)24-11-10-22(20)26-15-13-25(14-16-26)12-4-7-18-5-2-1-3-6-18/h1-11,17H,12-16H2/b7-4+. The fourth-order valence-electron chi connectivity index (χ4n) is 3.46. The van der Waals surface area contributed by atoms with Crippen LogP contribution in [-0.2, 0) is 0 Å². The summed E-state index contributed by atoms with van der Waals surface area (Å²) in [5.74, 6) is 0. The van der Waals surface area contributed by atoms with Crippen molar-refractivity contribution in [3.05, 3.63) is 77.5 Å². The van der Waals surface area contributed by atoms with E-state index in [2.05, 4.69) is 63.3 Å². The van der Waals surface area contributed by atoms with Crippen LogP contribution in [-0.4, -0.2) is 42.6 Å². The van der Waals surface area contributed by atoms with Crippen molar-refractivity contribution >= 4 is 34.3 Å². The Balaban J connectivity index is 1.39. The molecule has 3 nitrogen and oxygen atoms in total. The number of nitrogens with zero attached hydrogens (tertiary/aromatic N) is 3. The highest BCUT2D eigenvalue weighted by Crippen LogP contribution is 2.28. The molecule has 1 fully saturated rings. The molecule has 26 heavy (non-hydrogen) atoms. The fourth-order valence-corrected chi connectivity index (χ4v) is 3.62. The minimum absolute atomic E-state index is 0.733. The van der Waals surface area contributed by atoms with Crippen molar-refractivity contribution in [1.29, 1.82) is 0 Å². The molecular weight excluding hydrogens is 342 g/mol. The lowest BCUT2D eigenvalue weighted by atomic mass is 10.1. The van der Waals surface area contributed by atoms with Crippen LogP contribution in [0.25, 0.3) is 17.0 Å². The van der Waals surface area contributed by atoms with Crippen molar-refractivity contribution in [3.8, 4) is 0 Å². The van der Waals surface area contributed by atoms with Crippen LogP contribution in [0.2, 0.25) is 5.02 Å². The van der Waals surface area contributed by atoms with Crippen LogP contribution >= 0.6 is 11.6 Å². The normalized spacial score (nSPS) is 15.8. The maximum atomic E-state index is 6.10. The SMILES string of the molecule is Clc1ccc2c(N3CCN(C/C=C/c4ccccc4)CC3)ccnc2c1. The van der Waals surface area contributed by atoms with Gasteiger partial charge in [0.05, 0.1) is 5.52 Å². The van der Waals surface area contributed by atoms with Gasteiger partial charge in [0.2, 0.25) is 0 Å². The molecule has 1 aliphatic heterocycles. The number of aromatic nitrogens is 1. The smallest absolute Gasteiger partial charge is 0.0737 e. The van der Waals surface area contributed by atoms with Gasteiger partial charge in [-0.05, 0) is 29.8 Å². The Hall–Kier alpha value is -2.36. The molecule has 0 radical (unpaired) electrons. The van der Waals surface area contributed by atoms with E-state index in [1.54, 1.807) is 0 Å². The maximum Gasteiger partial charge on any atom is 0.0737 e. The van der Waals surface area contributed by atoms with Crippen LogP contribution in [0, 0.1) is 0 Å². The van der Waals surface area contributed by atoms with E-state index < -0.39 is 0 Å². The second-order valence-electron chi connectivity index (χ2n) is 6.59.